The van der Waals surface area contributed by atoms with E-state index in [1.54, 1.807) is 11.3 Å². The lowest BCUT2D eigenvalue weighted by molar-refractivity contribution is -0.156. The summed E-state index contributed by atoms with van der Waals surface area (Å²) in [6, 6.07) is 0. The Balaban J connectivity index is 1.77. The van der Waals surface area contributed by atoms with Crippen molar-refractivity contribution in [3.8, 4) is 0 Å². The van der Waals surface area contributed by atoms with Crippen molar-refractivity contribution >= 4 is 29.1 Å². The van der Waals surface area contributed by atoms with Crippen LogP contribution >= 0.6 is 11.3 Å². The van der Waals surface area contributed by atoms with Crippen molar-refractivity contribution in [1.29, 1.82) is 0 Å². The smallest absolute Gasteiger partial charge is 0.339 e. The third-order valence-electron chi connectivity index (χ3n) is 5.07. The fraction of sp³-hybridized carbons (Fsp3) is 0.667. The first-order valence-corrected chi connectivity index (χ1v) is 10.5. The minimum Gasteiger partial charge on any atom is -0.465 e. The average Bonchev–Trinajstić information content (AvgIpc) is 3.35. The van der Waals surface area contributed by atoms with Crippen LogP contribution in [0.25, 0.3) is 0 Å². The van der Waals surface area contributed by atoms with Crippen molar-refractivity contribution in [1.82, 2.24) is 0 Å². The highest BCUT2D eigenvalue weighted by atomic mass is 32.1. The molecule has 1 heterocycles. The molecule has 0 amide bonds. The molecule has 0 spiro atoms. The minimum absolute atomic E-state index is 0.150. The largest absolute Gasteiger partial charge is 0.465 e. The van der Waals surface area contributed by atoms with E-state index >= 15 is 0 Å². The topological polar surface area (TPSA) is 69.7 Å². The monoisotopic (exact) mass is 392 g/mol. The number of thiophene rings is 1. The second kappa shape index (κ2) is 7.74. The van der Waals surface area contributed by atoms with Crippen LogP contribution in [0.15, 0.2) is 0 Å². The molecule has 2 aliphatic rings. The maximum Gasteiger partial charge on any atom is 0.339 e. The van der Waals surface area contributed by atoms with Gasteiger partial charge in [0.2, 0.25) is 0 Å². The number of carbonyl (C=O) groups excluding carboxylic acids is 3. The van der Waals surface area contributed by atoms with Crippen LogP contribution in [0, 0.1) is 11.8 Å². The van der Waals surface area contributed by atoms with Crippen molar-refractivity contribution in [2.24, 2.45) is 11.8 Å². The predicted octanol–water partition coefficient (Wildman–Crippen LogP) is 3.89. The summed E-state index contributed by atoms with van der Waals surface area (Å²) >= 11 is 1.57. The summed E-state index contributed by atoms with van der Waals surface area (Å²) < 4.78 is 10.5. The molecule has 148 valence electrons. The van der Waals surface area contributed by atoms with Crippen molar-refractivity contribution in [2.45, 2.75) is 71.3 Å². The van der Waals surface area contributed by atoms with Crippen LogP contribution in [0.5, 0.6) is 0 Å². The summed E-state index contributed by atoms with van der Waals surface area (Å²) in [5.74, 6) is -0.0186. The van der Waals surface area contributed by atoms with E-state index in [9.17, 15) is 14.4 Å². The number of Topliss-reactive ketones (excluding diaryl/α,β-unsaturated/α-hetero) is 1. The van der Waals surface area contributed by atoms with E-state index in [1.807, 2.05) is 20.8 Å². The zero-order valence-electron chi connectivity index (χ0n) is 16.6. The zero-order chi connectivity index (χ0) is 19.8. The Morgan fingerprint density at radius 2 is 1.85 bits per heavy atom. The number of hydrogen-bond donors (Lipinski definition) is 0. The molecular formula is C21H28O5S. The van der Waals surface area contributed by atoms with Crippen molar-refractivity contribution in [3.05, 3.63) is 20.9 Å². The van der Waals surface area contributed by atoms with Crippen LogP contribution in [0.2, 0.25) is 0 Å². The first-order valence-electron chi connectivity index (χ1n) is 9.64. The van der Waals surface area contributed by atoms with Crippen LogP contribution in [-0.4, -0.2) is 30.4 Å². The van der Waals surface area contributed by atoms with Crippen LogP contribution < -0.4 is 0 Å². The Morgan fingerprint density at radius 3 is 2.44 bits per heavy atom. The number of ether oxygens (including phenoxy) is 2. The molecular weight excluding hydrogens is 364 g/mol. The summed E-state index contributed by atoms with van der Waals surface area (Å²) in [6.45, 7) is 5.59. The van der Waals surface area contributed by atoms with Gasteiger partial charge in [-0.25, -0.2) is 4.79 Å². The van der Waals surface area contributed by atoms with E-state index in [0.29, 0.717) is 24.8 Å². The Hall–Kier alpha value is -1.69. The Bertz CT molecular complexity index is 751. The average molecular weight is 393 g/mol. The fourth-order valence-corrected chi connectivity index (χ4v) is 5.03. The van der Waals surface area contributed by atoms with Crippen molar-refractivity contribution < 1.29 is 23.9 Å². The van der Waals surface area contributed by atoms with Crippen LogP contribution in [0.1, 0.15) is 72.1 Å². The van der Waals surface area contributed by atoms with E-state index in [2.05, 4.69) is 0 Å². The zero-order valence-corrected chi connectivity index (χ0v) is 17.4. The molecule has 2 aliphatic carbocycles. The molecule has 0 aromatic carbocycles. The van der Waals surface area contributed by atoms with Gasteiger partial charge in [-0.2, -0.15) is 0 Å². The molecule has 5 nitrogen and oxygen atoms in total. The Labute approximate surface area is 164 Å². The summed E-state index contributed by atoms with van der Waals surface area (Å²) in [5.41, 5.74) is 1.05. The fourth-order valence-electron chi connectivity index (χ4n) is 3.68. The lowest BCUT2D eigenvalue weighted by Gasteiger charge is -2.25. The summed E-state index contributed by atoms with van der Waals surface area (Å²) in [4.78, 5) is 38.9. The molecule has 0 radical (unpaired) electrons. The number of fused-ring (bicyclic) bond motifs is 1. The number of carbonyl (C=O) groups is 3. The molecule has 3 rings (SSSR count). The van der Waals surface area contributed by atoms with Crippen LogP contribution in [-0.2, 0) is 38.3 Å². The summed E-state index contributed by atoms with van der Waals surface area (Å²) in [6.07, 6.45) is 4.99. The van der Waals surface area contributed by atoms with Gasteiger partial charge in [-0.1, -0.05) is 0 Å². The SMILES string of the molecule is COC(=O)c1c(CC(=O)C2CC2)sc2c1CC(CC(=O)OC(C)(C)C)CC2. The Kier molecular flexibility index (Phi) is 5.75. The van der Waals surface area contributed by atoms with Crippen LogP contribution in [0.3, 0.4) is 0 Å². The van der Waals surface area contributed by atoms with Gasteiger partial charge in [-0.05, 0) is 64.4 Å². The number of hydrogen-bond acceptors (Lipinski definition) is 6. The Morgan fingerprint density at radius 1 is 1.15 bits per heavy atom. The molecule has 1 atom stereocenters. The van der Waals surface area contributed by atoms with Gasteiger partial charge < -0.3 is 9.47 Å². The van der Waals surface area contributed by atoms with Gasteiger partial charge in [0.05, 0.1) is 12.7 Å². The molecule has 1 unspecified atom stereocenters. The number of aryl methyl sites for hydroxylation is 1. The van der Waals surface area contributed by atoms with Crippen molar-refractivity contribution in [2.75, 3.05) is 7.11 Å². The van der Waals surface area contributed by atoms with E-state index < -0.39 is 5.60 Å². The van der Waals surface area contributed by atoms with E-state index in [1.165, 1.54) is 7.11 Å². The van der Waals surface area contributed by atoms with Gasteiger partial charge in [-0.3, -0.25) is 9.59 Å². The van der Waals surface area contributed by atoms with Gasteiger partial charge in [0, 0.05) is 28.5 Å². The number of rotatable bonds is 6. The highest BCUT2D eigenvalue weighted by Gasteiger charge is 2.34. The number of esters is 2. The molecule has 27 heavy (non-hydrogen) atoms. The molecule has 0 aliphatic heterocycles. The molecule has 6 heteroatoms. The van der Waals surface area contributed by atoms with Gasteiger partial charge in [0.15, 0.2) is 0 Å². The van der Waals surface area contributed by atoms with E-state index in [4.69, 9.17) is 9.47 Å². The lowest BCUT2D eigenvalue weighted by atomic mass is 9.84. The first kappa shape index (κ1) is 20.1. The quantitative estimate of drug-likeness (QED) is 0.687. The van der Waals surface area contributed by atoms with Gasteiger partial charge in [0.1, 0.15) is 11.4 Å². The first-order chi connectivity index (χ1) is 12.7. The predicted molar refractivity (Wildman–Crippen MR) is 103 cm³/mol. The third kappa shape index (κ3) is 4.98. The highest BCUT2D eigenvalue weighted by molar-refractivity contribution is 7.12. The normalized spacial score (nSPS) is 19.3. The molecule has 1 saturated carbocycles. The summed E-state index contributed by atoms with van der Waals surface area (Å²) in [7, 11) is 1.37. The van der Waals surface area contributed by atoms with Gasteiger partial charge in [0.25, 0.3) is 0 Å². The molecule has 0 N–H and O–H groups in total. The van der Waals surface area contributed by atoms with E-state index in [0.717, 1.165) is 41.0 Å². The molecule has 0 saturated heterocycles. The maximum absolute atomic E-state index is 12.4. The lowest BCUT2D eigenvalue weighted by Crippen LogP contribution is -2.27. The molecule has 1 aromatic rings. The summed E-state index contributed by atoms with van der Waals surface area (Å²) in [5, 5.41) is 0. The molecule has 0 bridgehead atoms. The second-order valence-corrected chi connectivity index (χ2v) is 9.80. The number of ketones is 1. The molecule has 1 aromatic heterocycles. The minimum atomic E-state index is -0.493. The highest BCUT2D eigenvalue weighted by Crippen LogP contribution is 2.40. The third-order valence-corrected chi connectivity index (χ3v) is 6.36. The van der Waals surface area contributed by atoms with Crippen LogP contribution in [0.4, 0.5) is 0 Å². The maximum atomic E-state index is 12.4. The standard InChI is InChI=1S/C21H28O5S/c1-21(2,3)26-18(23)10-12-5-8-16-14(9-12)19(20(24)25-4)17(27-16)11-15(22)13-6-7-13/h12-13H,5-11H2,1-4H3. The van der Waals surface area contributed by atoms with Gasteiger partial charge >= 0.3 is 11.9 Å². The van der Waals surface area contributed by atoms with E-state index in [-0.39, 0.29) is 29.6 Å². The second-order valence-electron chi connectivity index (χ2n) is 8.61. The molecule has 1 fully saturated rings. The van der Waals surface area contributed by atoms with Gasteiger partial charge in [-0.15, -0.1) is 11.3 Å². The van der Waals surface area contributed by atoms with Crippen molar-refractivity contribution in [3.63, 3.8) is 0 Å². The number of methoxy groups -OCH3 is 1.